The molecule has 0 bridgehead atoms. The van der Waals surface area contributed by atoms with Crippen LogP contribution >= 0.6 is 0 Å². The summed E-state index contributed by atoms with van der Waals surface area (Å²) in [6.45, 7) is 12.5. The Morgan fingerprint density at radius 2 is 1.71 bits per heavy atom. The van der Waals surface area contributed by atoms with Crippen molar-refractivity contribution < 1.29 is 24.2 Å². The third-order valence-electron chi connectivity index (χ3n) is 4.17. The van der Waals surface area contributed by atoms with Crippen molar-refractivity contribution in [1.82, 2.24) is 4.90 Å². The number of amides is 1. The number of carbonyl (C=O) groups is 3. The van der Waals surface area contributed by atoms with Crippen LogP contribution in [0.3, 0.4) is 0 Å². The van der Waals surface area contributed by atoms with Gasteiger partial charge in [-0.05, 0) is 33.1 Å². The lowest BCUT2D eigenvalue weighted by Crippen LogP contribution is -2.47. The quantitative estimate of drug-likeness (QED) is 0.790. The summed E-state index contributed by atoms with van der Waals surface area (Å²) in [5.74, 6) is -1.47. The molecule has 0 aromatic rings. The summed E-state index contributed by atoms with van der Waals surface area (Å²) in [5, 5.41) is 9.85. The van der Waals surface area contributed by atoms with Gasteiger partial charge in [0.15, 0.2) is 5.78 Å². The van der Waals surface area contributed by atoms with Crippen molar-refractivity contribution in [2.75, 3.05) is 6.54 Å². The zero-order valence-electron chi connectivity index (χ0n) is 15.9. The lowest BCUT2D eigenvalue weighted by Gasteiger charge is -2.34. The van der Waals surface area contributed by atoms with Gasteiger partial charge in [0.1, 0.15) is 5.60 Å². The van der Waals surface area contributed by atoms with Gasteiger partial charge in [0.2, 0.25) is 5.91 Å². The SMILES string of the molecule is CC(=O)[C@@H]1C[C@H](O)CN1C(=O)[C@@H](CC(=O)OC(C)(C)C)C(C)(C)C. The molecule has 0 aromatic heterocycles. The van der Waals surface area contributed by atoms with Crippen LogP contribution in [0.25, 0.3) is 0 Å². The van der Waals surface area contributed by atoms with Crippen LogP contribution in [0, 0.1) is 11.3 Å². The maximum Gasteiger partial charge on any atom is 0.307 e. The minimum absolute atomic E-state index is 0.0448. The Hall–Kier alpha value is -1.43. The van der Waals surface area contributed by atoms with E-state index >= 15 is 0 Å². The number of rotatable bonds is 4. The number of likely N-dealkylation sites (tertiary alicyclic amines) is 1. The van der Waals surface area contributed by atoms with Crippen molar-refractivity contribution in [2.24, 2.45) is 11.3 Å². The van der Waals surface area contributed by atoms with Gasteiger partial charge in [-0.15, -0.1) is 0 Å². The molecule has 6 nitrogen and oxygen atoms in total. The van der Waals surface area contributed by atoms with Crippen LogP contribution in [0.15, 0.2) is 0 Å². The molecule has 1 amide bonds. The number of aliphatic hydroxyl groups is 1. The van der Waals surface area contributed by atoms with E-state index in [4.69, 9.17) is 4.74 Å². The smallest absolute Gasteiger partial charge is 0.307 e. The zero-order valence-corrected chi connectivity index (χ0v) is 15.9. The normalized spacial score (nSPS) is 23.1. The van der Waals surface area contributed by atoms with Crippen LogP contribution in [-0.4, -0.2) is 52.0 Å². The fourth-order valence-electron chi connectivity index (χ4n) is 2.96. The van der Waals surface area contributed by atoms with Gasteiger partial charge in [-0.25, -0.2) is 0 Å². The number of β-amino-alcohol motifs (C(OH)–C–C–N with tert-alkyl or cyclic N) is 1. The number of Topliss-reactive ketones (excluding diaryl/α,β-unsaturated/α-hetero) is 1. The fourth-order valence-corrected chi connectivity index (χ4v) is 2.96. The molecule has 138 valence electrons. The average Bonchev–Trinajstić information content (AvgIpc) is 2.74. The third kappa shape index (κ3) is 5.58. The first-order valence-electron chi connectivity index (χ1n) is 8.43. The molecule has 1 aliphatic rings. The second-order valence-corrected chi connectivity index (χ2v) is 8.72. The Morgan fingerprint density at radius 3 is 2.12 bits per heavy atom. The zero-order chi connectivity index (χ0) is 18.9. The molecule has 24 heavy (non-hydrogen) atoms. The van der Waals surface area contributed by atoms with Crippen molar-refractivity contribution in [3.63, 3.8) is 0 Å². The van der Waals surface area contributed by atoms with E-state index in [0.29, 0.717) is 0 Å². The van der Waals surface area contributed by atoms with Crippen LogP contribution in [0.5, 0.6) is 0 Å². The van der Waals surface area contributed by atoms with E-state index in [1.54, 1.807) is 20.8 Å². The third-order valence-corrected chi connectivity index (χ3v) is 4.17. The number of hydrogen-bond donors (Lipinski definition) is 1. The van der Waals surface area contributed by atoms with Gasteiger partial charge in [-0.3, -0.25) is 14.4 Å². The van der Waals surface area contributed by atoms with Crippen LogP contribution in [-0.2, 0) is 19.1 Å². The molecule has 1 aliphatic heterocycles. The van der Waals surface area contributed by atoms with E-state index in [1.807, 2.05) is 20.8 Å². The summed E-state index contributed by atoms with van der Waals surface area (Å²) in [5.41, 5.74) is -1.09. The summed E-state index contributed by atoms with van der Waals surface area (Å²) < 4.78 is 5.35. The molecule has 1 heterocycles. The van der Waals surface area contributed by atoms with Crippen molar-refractivity contribution >= 4 is 17.7 Å². The number of carbonyl (C=O) groups excluding carboxylic acids is 3. The molecule has 0 unspecified atom stereocenters. The van der Waals surface area contributed by atoms with E-state index in [9.17, 15) is 19.5 Å². The summed E-state index contributed by atoms with van der Waals surface area (Å²) in [7, 11) is 0. The van der Waals surface area contributed by atoms with E-state index in [2.05, 4.69) is 0 Å². The highest BCUT2D eigenvalue weighted by molar-refractivity contribution is 5.91. The molecule has 0 spiro atoms. The second-order valence-electron chi connectivity index (χ2n) is 8.72. The average molecular weight is 341 g/mol. The van der Waals surface area contributed by atoms with E-state index in [0.717, 1.165) is 0 Å². The largest absolute Gasteiger partial charge is 0.460 e. The fraction of sp³-hybridized carbons (Fsp3) is 0.833. The van der Waals surface area contributed by atoms with Crippen molar-refractivity contribution in [3.05, 3.63) is 0 Å². The summed E-state index contributed by atoms with van der Waals surface area (Å²) in [6, 6.07) is -0.615. The number of ether oxygens (including phenoxy) is 1. The first-order valence-corrected chi connectivity index (χ1v) is 8.43. The van der Waals surface area contributed by atoms with Gasteiger partial charge in [0, 0.05) is 13.0 Å². The molecule has 0 saturated carbocycles. The second kappa shape index (κ2) is 7.21. The predicted octanol–water partition coefficient (Wildman–Crippen LogP) is 1.93. The first-order chi connectivity index (χ1) is 10.7. The number of aliphatic hydroxyl groups excluding tert-OH is 1. The molecule has 3 atom stereocenters. The summed E-state index contributed by atoms with van der Waals surface area (Å²) in [6.07, 6.45) is -0.494. The Morgan fingerprint density at radius 1 is 1.17 bits per heavy atom. The lowest BCUT2D eigenvalue weighted by molar-refractivity contribution is -0.161. The summed E-state index contributed by atoms with van der Waals surface area (Å²) >= 11 is 0. The molecule has 1 saturated heterocycles. The Bertz CT molecular complexity index is 501. The number of ketones is 1. The predicted molar refractivity (Wildman–Crippen MR) is 90.2 cm³/mol. The van der Waals surface area contributed by atoms with Crippen molar-refractivity contribution in [2.45, 2.75) is 79.1 Å². The van der Waals surface area contributed by atoms with Gasteiger partial charge in [-0.2, -0.15) is 0 Å². The Labute approximate surface area is 144 Å². The highest BCUT2D eigenvalue weighted by Gasteiger charge is 2.43. The van der Waals surface area contributed by atoms with Gasteiger partial charge < -0.3 is 14.7 Å². The monoisotopic (exact) mass is 341 g/mol. The summed E-state index contributed by atoms with van der Waals surface area (Å²) in [4.78, 5) is 38.4. The molecule has 1 N–H and O–H groups in total. The molecular formula is C18H31NO5. The molecule has 6 heteroatoms. The maximum atomic E-state index is 13.0. The number of esters is 1. The van der Waals surface area contributed by atoms with Crippen molar-refractivity contribution in [1.29, 1.82) is 0 Å². The molecule has 0 aliphatic carbocycles. The Kier molecular flexibility index (Phi) is 6.20. The van der Waals surface area contributed by atoms with Crippen molar-refractivity contribution in [3.8, 4) is 0 Å². The van der Waals surface area contributed by atoms with Crippen LogP contribution < -0.4 is 0 Å². The molecule has 1 fully saturated rings. The standard InChI is InChI=1S/C18H31NO5/c1-11(20)14-8-12(21)10-19(14)16(23)13(17(2,3)4)9-15(22)24-18(5,6)7/h12-14,21H,8-10H2,1-7H3/t12-,13+,14-/m0/s1. The van der Waals surface area contributed by atoms with Gasteiger partial charge >= 0.3 is 5.97 Å². The Balaban J connectivity index is 2.98. The highest BCUT2D eigenvalue weighted by Crippen LogP contribution is 2.34. The van der Waals surface area contributed by atoms with Gasteiger partial charge in [-0.1, -0.05) is 20.8 Å². The topological polar surface area (TPSA) is 83.9 Å². The highest BCUT2D eigenvalue weighted by atomic mass is 16.6. The number of nitrogens with zero attached hydrogens (tertiary/aromatic N) is 1. The number of hydrogen-bond acceptors (Lipinski definition) is 5. The maximum absolute atomic E-state index is 13.0. The van der Waals surface area contributed by atoms with Gasteiger partial charge in [0.25, 0.3) is 0 Å². The molecule has 0 radical (unpaired) electrons. The van der Waals surface area contributed by atoms with Crippen LogP contribution in [0.4, 0.5) is 0 Å². The van der Waals surface area contributed by atoms with Gasteiger partial charge in [0.05, 0.1) is 24.5 Å². The first kappa shape index (κ1) is 20.6. The lowest BCUT2D eigenvalue weighted by atomic mass is 9.77. The minimum Gasteiger partial charge on any atom is -0.460 e. The van der Waals surface area contributed by atoms with E-state index in [1.165, 1.54) is 11.8 Å². The van der Waals surface area contributed by atoms with E-state index < -0.39 is 35.0 Å². The molecular weight excluding hydrogens is 310 g/mol. The van der Waals surface area contributed by atoms with Crippen LogP contribution in [0.2, 0.25) is 0 Å². The molecule has 0 aromatic carbocycles. The van der Waals surface area contributed by atoms with E-state index in [-0.39, 0.29) is 31.1 Å². The van der Waals surface area contributed by atoms with Crippen LogP contribution in [0.1, 0.15) is 61.3 Å². The minimum atomic E-state index is -0.704. The molecule has 1 rings (SSSR count).